The van der Waals surface area contributed by atoms with Gasteiger partial charge in [-0.05, 0) is 43.4 Å². The Morgan fingerprint density at radius 3 is 2.84 bits per heavy atom. The van der Waals surface area contributed by atoms with Crippen molar-refractivity contribution in [3.8, 4) is 5.75 Å². The quantitative estimate of drug-likeness (QED) is 0.497. The van der Waals surface area contributed by atoms with Gasteiger partial charge in [-0.3, -0.25) is 10.1 Å². The van der Waals surface area contributed by atoms with Gasteiger partial charge < -0.3 is 9.26 Å². The van der Waals surface area contributed by atoms with Gasteiger partial charge in [0, 0.05) is 12.5 Å². The largest absolute Gasteiger partial charge is 0.490 e. The normalized spacial score (nSPS) is 17.5. The van der Waals surface area contributed by atoms with Crippen LogP contribution in [0.4, 0.5) is 15.2 Å². The fourth-order valence-electron chi connectivity index (χ4n) is 3.07. The first-order valence-electron chi connectivity index (χ1n) is 10.1. The van der Waals surface area contributed by atoms with E-state index >= 15 is 0 Å². The number of hydrogen-bond acceptors (Lipinski definition) is 8. The summed E-state index contributed by atoms with van der Waals surface area (Å²) in [5.41, 5.74) is 0.562. The molecule has 13 heteroatoms. The van der Waals surface area contributed by atoms with E-state index < -0.39 is 33.8 Å². The van der Waals surface area contributed by atoms with Gasteiger partial charge in [-0.25, -0.2) is 27.2 Å². The van der Waals surface area contributed by atoms with Gasteiger partial charge in [-0.15, -0.1) is 0 Å². The number of nitrogens with one attached hydrogen (secondary N) is 2. The van der Waals surface area contributed by atoms with E-state index in [1.165, 1.54) is 18.2 Å². The van der Waals surface area contributed by atoms with Gasteiger partial charge in [-0.1, -0.05) is 11.2 Å². The van der Waals surface area contributed by atoms with Crippen LogP contribution in [0.25, 0.3) is 0 Å². The first kappa shape index (κ1) is 22.1. The number of carbonyl (C=O) groups is 2. The Morgan fingerprint density at radius 1 is 1.38 bits per heavy atom. The maximum Gasteiger partial charge on any atom is 0.332 e. The standard InChI is InChI=1S/C19H22FN5O6S/c1-11(13-4-5-14(20)15(8-13)30-10-12-2-3-12)24-32(28,29)7-6-16-21-19(31-23-16)25-9-17(26)22-18(25)27/h4-5,8,11-12,24H,2-3,6-7,9-10H2,1H3,(H,22,26,27)/t11-/m1/s1. The Kier molecular flexibility index (Phi) is 6.11. The Morgan fingerprint density at radius 2 is 2.16 bits per heavy atom. The average Bonchev–Trinajstić information content (AvgIpc) is 3.33. The van der Waals surface area contributed by atoms with Crippen LogP contribution in [0.3, 0.4) is 0 Å². The molecular weight excluding hydrogens is 445 g/mol. The first-order valence-corrected chi connectivity index (χ1v) is 11.7. The summed E-state index contributed by atoms with van der Waals surface area (Å²) < 4.78 is 52.0. The zero-order valence-electron chi connectivity index (χ0n) is 17.2. The number of benzene rings is 1. The van der Waals surface area contributed by atoms with Gasteiger partial charge in [0.15, 0.2) is 17.4 Å². The van der Waals surface area contributed by atoms with Gasteiger partial charge in [0.2, 0.25) is 15.9 Å². The van der Waals surface area contributed by atoms with Crippen molar-refractivity contribution in [3.63, 3.8) is 0 Å². The van der Waals surface area contributed by atoms with Crippen molar-refractivity contribution in [1.29, 1.82) is 0 Å². The summed E-state index contributed by atoms with van der Waals surface area (Å²) in [5, 5.41) is 5.73. The molecule has 1 atom stereocenters. The molecule has 2 aromatic rings. The van der Waals surface area contributed by atoms with E-state index in [2.05, 4.69) is 20.2 Å². The number of halogens is 1. The molecule has 0 unspecified atom stereocenters. The number of aryl methyl sites for hydroxylation is 1. The monoisotopic (exact) mass is 467 g/mol. The smallest absolute Gasteiger partial charge is 0.332 e. The third kappa shape index (κ3) is 5.40. The van der Waals surface area contributed by atoms with Gasteiger partial charge >= 0.3 is 12.0 Å². The van der Waals surface area contributed by atoms with Gasteiger partial charge in [-0.2, -0.15) is 4.98 Å². The molecule has 1 aromatic heterocycles. The highest BCUT2D eigenvalue weighted by Gasteiger charge is 2.32. The SMILES string of the molecule is C[C@@H](NS(=O)(=O)CCc1noc(N2CC(=O)NC2=O)n1)c1ccc(F)c(OCC2CC2)c1. The van der Waals surface area contributed by atoms with Crippen LogP contribution in [0, 0.1) is 11.7 Å². The lowest BCUT2D eigenvalue weighted by atomic mass is 10.1. The minimum Gasteiger partial charge on any atom is -0.490 e. The molecule has 32 heavy (non-hydrogen) atoms. The molecular formula is C19H22FN5O6S. The second-order valence-corrected chi connectivity index (χ2v) is 9.66. The second kappa shape index (κ2) is 8.82. The number of sulfonamides is 1. The molecule has 0 spiro atoms. The molecule has 0 bridgehead atoms. The van der Waals surface area contributed by atoms with Crippen molar-refractivity contribution in [3.05, 3.63) is 35.4 Å². The summed E-state index contributed by atoms with van der Waals surface area (Å²) >= 11 is 0. The third-order valence-electron chi connectivity index (χ3n) is 5.06. The minimum atomic E-state index is -3.75. The number of nitrogens with zero attached hydrogens (tertiary/aromatic N) is 3. The lowest BCUT2D eigenvalue weighted by Crippen LogP contribution is -2.30. The highest BCUT2D eigenvalue weighted by molar-refractivity contribution is 7.89. The molecule has 1 aromatic carbocycles. The van der Waals surface area contributed by atoms with E-state index in [9.17, 15) is 22.4 Å². The zero-order valence-corrected chi connectivity index (χ0v) is 18.0. The lowest BCUT2D eigenvalue weighted by molar-refractivity contribution is -0.117. The summed E-state index contributed by atoms with van der Waals surface area (Å²) in [7, 11) is -3.75. The molecule has 1 aliphatic carbocycles. The van der Waals surface area contributed by atoms with E-state index in [0.717, 1.165) is 17.7 Å². The highest BCUT2D eigenvalue weighted by atomic mass is 32.2. The Hall–Kier alpha value is -3.06. The Labute approximate surface area is 183 Å². The molecule has 2 aliphatic rings. The van der Waals surface area contributed by atoms with Crippen molar-refractivity contribution in [1.82, 2.24) is 20.2 Å². The molecule has 172 valence electrons. The van der Waals surface area contributed by atoms with Crippen LogP contribution in [0.2, 0.25) is 0 Å². The fraction of sp³-hybridized carbons (Fsp3) is 0.474. The van der Waals surface area contributed by atoms with E-state index in [1.54, 1.807) is 6.92 Å². The molecule has 4 rings (SSSR count). The highest BCUT2D eigenvalue weighted by Crippen LogP contribution is 2.31. The van der Waals surface area contributed by atoms with E-state index in [0.29, 0.717) is 18.1 Å². The van der Waals surface area contributed by atoms with Crippen LogP contribution in [0.5, 0.6) is 5.75 Å². The first-order chi connectivity index (χ1) is 15.2. The number of carbonyl (C=O) groups excluding carboxylic acids is 2. The van der Waals surface area contributed by atoms with E-state index in [-0.39, 0.29) is 36.3 Å². The minimum absolute atomic E-state index is 0.0720. The van der Waals surface area contributed by atoms with Gasteiger partial charge in [0.1, 0.15) is 6.54 Å². The average molecular weight is 467 g/mol. The van der Waals surface area contributed by atoms with Crippen LogP contribution in [-0.2, 0) is 21.2 Å². The predicted molar refractivity (Wildman–Crippen MR) is 109 cm³/mol. The van der Waals surface area contributed by atoms with Gasteiger partial charge in [0.05, 0.1) is 12.4 Å². The molecule has 2 N–H and O–H groups in total. The van der Waals surface area contributed by atoms with Crippen LogP contribution in [0.15, 0.2) is 22.7 Å². The van der Waals surface area contributed by atoms with Crippen LogP contribution >= 0.6 is 0 Å². The fourth-order valence-corrected chi connectivity index (χ4v) is 4.31. The maximum atomic E-state index is 14.0. The maximum absolute atomic E-state index is 14.0. The van der Waals surface area contributed by atoms with Crippen LogP contribution < -0.4 is 19.7 Å². The summed E-state index contributed by atoms with van der Waals surface area (Å²) in [6, 6.07) is 2.76. The number of aromatic nitrogens is 2. The van der Waals surface area contributed by atoms with E-state index in [1.807, 2.05) is 0 Å². The summed E-state index contributed by atoms with van der Waals surface area (Å²) in [4.78, 5) is 27.8. The topological polar surface area (TPSA) is 144 Å². The zero-order chi connectivity index (χ0) is 22.9. The number of urea groups is 1. The molecule has 2 heterocycles. The number of amides is 3. The van der Waals surface area contributed by atoms with Crippen molar-refractivity contribution < 1.29 is 31.7 Å². The Bertz CT molecular complexity index is 1130. The summed E-state index contributed by atoms with van der Waals surface area (Å²) in [6.07, 6.45) is 2.07. The van der Waals surface area contributed by atoms with Crippen LogP contribution in [0.1, 0.15) is 37.2 Å². The van der Waals surface area contributed by atoms with Crippen molar-refractivity contribution in [2.24, 2.45) is 5.92 Å². The van der Waals surface area contributed by atoms with Crippen molar-refractivity contribution >= 4 is 28.0 Å². The predicted octanol–water partition coefficient (Wildman–Crippen LogP) is 1.28. The number of anilines is 1. The lowest BCUT2D eigenvalue weighted by Gasteiger charge is -2.16. The number of imide groups is 1. The van der Waals surface area contributed by atoms with Gasteiger partial charge in [0.25, 0.3) is 0 Å². The molecule has 1 aliphatic heterocycles. The summed E-state index contributed by atoms with van der Waals surface area (Å²) in [6.45, 7) is 1.84. The number of hydrogen-bond donors (Lipinski definition) is 2. The molecule has 2 fully saturated rings. The Balaban J connectivity index is 1.33. The molecule has 3 amide bonds. The number of ether oxygens (including phenoxy) is 1. The van der Waals surface area contributed by atoms with Crippen molar-refractivity contribution in [2.75, 3.05) is 23.8 Å². The molecule has 1 saturated heterocycles. The molecule has 11 nitrogen and oxygen atoms in total. The van der Waals surface area contributed by atoms with Crippen LogP contribution in [-0.4, -0.2) is 49.4 Å². The van der Waals surface area contributed by atoms with Crippen molar-refractivity contribution in [2.45, 2.75) is 32.2 Å². The van der Waals surface area contributed by atoms with E-state index in [4.69, 9.17) is 9.26 Å². The second-order valence-electron chi connectivity index (χ2n) is 7.79. The summed E-state index contributed by atoms with van der Waals surface area (Å²) in [5.74, 6) is -0.705. The molecule has 1 saturated carbocycles. The number of rotatable bonds is 10. The third-order valence-corrected chi connectivity index (χ3v) is 6.51. The molecule has 0 radical (unpaired) electrons.